The van der Waals surface area contributed by atoms with Crippen molar-refractivity contribution in [3.05, 3.63) is 58.9 Å². The summed E-state index contributed by atoms with van der Waals surface area (Å²) in [5.41, 5.74) is 4.90. The number of aromatic nitrogens is 4. The topological polar surface area (TPSA) is 78.0 Å². The third kappa shape index (κ3) is 4.10. The van der Waals surface area contributed by atoms with Crippen LogP contribution in [0.3, 0.4) is 0 Å². The number of amides is 1. The molecule has 1 saturated heterocycles. The van der Waals surface area contributed by atoms with Crippen LogP contribution in [0.15, 0.2) is 30.5 Å². The molecule has 0 saturated carbocycles. The predicted octanol–water partition coefficient (Wildman–Crippen LogP) is 3.97. The van der Waals surface area contributed by atoms with Gasteiger partial charge >= 0.3 is 0 Å². The average Bonchev–Trinajstić information content (AvgIpc) is 3.28. The lowest BCUT2D eigenvalue weighted by Crippen LogP contribution is -2.39. The highest BCUT2D eigenvalue weighted by atomic mass is 19.1. The maximum absolute atomic E-state index is 14.6. The highest BCUT2D eigenvalue weighted by molar-refractivity contribution is 5.94. The van der Waals surface area contributed by atoms with Crippen molar-refractivity contribution in [3.63, 3.8) is 0 Å². The number of carbonyl (C=O) groups is 1. The van der Waals surface area contributed by atoms with Crippen LogP contribution in [0.5, 0.6) is 0 Å². The molecule has 8 heteroatoms. The van der Waals surface area contributed by atoms with Gasteiger partial charge in [-0.25, -0.2) is 14.4 Å². The number of carbonyl (C=O) groups excluding carboxylic acids is 1. The third-order valence-corrected chi connectivity index (χ3v) is 6.80. The summed E-state index contributed by atoms with van der Waals surface area (Å²) in [7, 11) is 3.79. The maximum Gasteiger partial charge on any atom is 0.274 e. The summed E-state index contributed by atoms with van der Waals surface area (Å²) in [5.74, 6) is 0.458. The molecule has 1 aromatic carbocycles. The number of benzene rings is 1. The van der Waals surface area contributed by atoms with Crippen LogP contribution in [0.4, 0.5) is 10.3 Å². The number of fused-ring (bicyclic) bond motifs is 1. The van der Waals surface area contributed by atoms with E-state index in [4.69, 9.17) is 4.98 Å². The molecular formula is C25H29FN6O. The number of likely N-dealkylation sites (tertiary alicyclic amines) is 1. The van der Waals surface area contributed by atoms with Crippen LogP contribution >= 0.6 is 0 Å². The molecule has 0 unspecified atom stereocenters. The molecular weight excluding hydrogens is 419 g/mol. The van der Waals surface area contributed by atoms with E-state index >= 15 is 0 Å². The van der Waals surface area contributed by atoms with Crippen molar-refractivity contribution >= 4 is 11.9 Å². The van der Waals surface area contributed by atoms with Crippen LogP contribution in [0, 0.1) is 5.82 Å². The van der Waals surface area contributed by atoms with Crippen LogP contribution in [-0.2, 0) is 12.8 Å². The third-order valence-electron chi connectivity index (χ3n) is 6.80. The summed E-state index contributed by atoms with van der Waals surface area (Å²) in [6, 6.07) is 6.75. The highest BCUT2D eigenvalue weighted by Crippen LogP contribution is 2.36. The van der Waals surface area contributed by atoms with E-state index in [0.717, 1.165) is 61.0 Å². The molecule has 7 nitrogen and oxygen atoms in total. The zero-order chi connectivity index (χ0) is 22.9. The summed E-state index contributed by atoms with van der Waals surface area (Å²) < 4.78 is 14.6. The molecule has 33 heavy (non-hydrogen) atoms. The monoisotopic (exact) mass is 448 g/mol. The Morgan fingerprint density at radius 2 is 1.88 bits per heavy atom. The normalized spacial score (nSPS) is 16.5. The van der Waals surface area contributed by atoms with E-state index in [0.29, 0.717) is 30.3 Å². The Bertz CT molecular complexity index is 1170. The Kier molecular flexibility index (Phi) is 5.83. The van der Waals surface area contributed by atoms with Crippen LogP contribution in [0.1, 0.15) is 59.0 Å². The lowest BCUT2D eigenvalue weighted by atomic mass is 9.88. The molecule has 1 aliphatic carbocycles. The lowest BCUT2D eigenvalue weighted by molar-refractivity contribution is 0.0705. The summed E-state index contributed by atoms with van der Waals surface area (Å²) in [4.78, 5) is 26.2. The van der Waals surface area contributed by atoms with Gasteiger partial charge in [-0.15, -0.1) is 0 Å². The minimum Gasteiger partial charge on any atom is -0.347 e. The Hall–Kier alpha value is -3.29. The minimum absolute atomic E-state index is 0.0128. The van der Waals surface area contributed by atoms with E-state index in [2.05, 4.69) is 15.2 Å². The van der Waals surface area contributed by atoms with Gasteiger partial charge in [0.05, 0.1) is 5.69 Å². The number of anilines is 1. The number of halogens is 1. The second-order valence-electron chi connectivity index (χ2n) is 9.15. The molecule has 3 heterocycles. The smallest absolute Gasteiger partial charge is 0.274 e. The van der Waals surface area contributed by atoms with Gasteiger partial charge in [0.2, 0.25) is 5.95 Å². The standard InChI is InChI=1S/C25H29FN6O/c1-31(2)25-27-15-19(17-7-3-5-9-20(17)26)22(28-25)16-11-13-32(14-12-16)24(33)23-18-8-4-6-10-21(18)29-30-23/h3,5,7,9,15-16H,4,6,8,10-14H2,1-2H3,(H,29,30). The second kappa shape index (κ2) is 8.92. The lowest BCUT2D eigenvalue weighted by Gasteiger charge is -2.32. The predicted molar refractivity (Wildman–Crippen MR) is 125 cm³/mol. The van der Waals surface area contributed by atoms with E-state index in [1.807, 2.05) is 30.0 Å². The van der Waals surface area contributed by atoms with Crippen LogP contribution in [0.25, 0.3) is 11.1 Å². The van der Waals surface area contributed by atoms with E-state index in [1.165, 1.54) is 6.07 Å². The molecule has 2 aromatic heterocycles. The van der Waals surface area contributed by atoms with Gasteiger partial charge in [0, 0.05) is 61.7 Å². The molecule has 5 rings (SSSR count). The zero-order valence-electron chi connectivity index (χ0n) is 19.1. The number of H-pyrrole nitrogens is 1. The highest BCUT2D eigenvalue weighted by Gasteiger charge is 2.31. The number of nitrogens with one attached hydrogen (secondary N) is 1. The molecule has 2 aliphatic rings. The fraction of sp³-hybridized carbons (Fsp3) is 0.440. The van der Waals surface area contributed by atoms with Crippen molar-refractivity contribution in [2.24, 2.45) is 0 Å². The molecule has 0 radical (unpaired) electrons. The summed E-state index contributed by atoms with van der Waals surface area (Å²) >= 11 is 0. The number of piperidine rings is 1. The average molecular weight is 449 g/mol. The number of hydrogen-bond acceptors (Lipinski definition) is 5. The van der Waals surface area contributed by atoms with Gasteiger partial charge in [-0.3, -0.25) is 9.89 Å². The largest absolute Gasteiger partial charge is 0.347 e. The summed E-state index contributed by atoms with van der Waals surface area (Å²) in [6.07, 6.45) is 7.40. The SMILES string of the molecule is CN(C)c1ncc(-c2ccccc2F)c(C2CCN(C(=O)c3n[nH]c4c3CCCC4)CC2)n1. The molecule has 3 aromatic rings. The fourth-order valence-corrected chi connectivity index (χ4v) is 4.96. The number of aromatic amines is 1. The van der Waals surface area contributed by atoms with Crippen molar-refractivity contribution in [2.75, 3.05) is 32.1 Å². The summed E-state index contributed by atoms with van der Waals surface area (Å²) in [5, 5.41) is 7.43. The first-order chi connectivity index (χ1) is 16.0. The van der Waals surface area contributed by atoms with Crippen LogP contribution < -0.4 is 4.90 Å². The van der Waals surface area contributed by atoms with Gasteiger partial charge in [0.1, 0.15) is 5.82 Å². The fourth-order valence-electron chi connectivity index (χ4n) is 4.96. The van der Waals surface area contributed by atoms with Gasteiger partial charge < -0.3 is 9.80 Å². The first-order valence-corrected chi connectivity index (χ1v) is 11.7. The van der Waals surface area contributed by atoms with Crippen molar-refractivity contribution < 1.29 is 9.18 Å². The molecule has 0 bridgehead atoms. The number of rotatable bonds is 4. The minimum atomic E-state index is -0.282. The first-order valence-electron chi connectivity index (χ1n) is 11.7. The molecule has 1 fully saturated rings. The maximum atomic E-state index is 14.6. The van der Waals surface area contributed by atoms with Gasteiger partial charge in [0.25, 0.3) is 5.91 Å². The van der Waals surface area contributed by atoms with Crippen LogP contribution in [0.2, 0.25) is 0 Å². The van der Waals surface area contributed by atoms with Crippen molar-refractivity contribution in [2.45, 2.75) is 44.4 Å². The van der Waals surface area contributed by atoms with Crippen molar-refractivity contribution in [1.29, 1.82) is 0 Å². The van der Waals surface area contributed by atoms with E-state index in [1.54, 1.807) is 18.3 Å². The molecule has 1 amide bonds. The Morgan fingerprint density at radius 1 is 1.12 bits per heavy atom. The number of nitrogens with zero attached hydrogens (tertiary/aromatic N) is 5. The number of aryl methyl sites for hydroxylation is 1. The quantitative estimate of drug-likeness (QED) is 0.654. The Balaban J connectivity index is 1.38. The van der Waals surface area contributed by atoms with Crippen LogP contribution in [-0.4, -0.2) is 58.2 Å². The van der Waals surface area contributed by atoms with Crippen molar-refractivity contribution in [1.82, 2.24) is 25.1 Å². The van der Waals surface area contributed by atoms with Gasteiger partial charge in [-0.2, -0.15) is 5.10 Å². The molecule has 1 aliphatic heterocycles. The van der Waals surface area contributed by atoms with Gasteiger partial charge in [-0.05, 0) is 44.6 Å². The number of hydrogen-bond donors (Lipinski definition) is 1. The molecule has 1 N–H and O–H groups in total. The van der Waals surface area contributed by atoms with E-state index in [9.17, 15) is 9.18 Å². The van der Waals surface area contributed by atoms with Gasteiger partial charge in [0.15, 0.2) is 5.69 Å². The van der Waals surface area contributed by atoms with E-state index < -0.39 is 0 Å². The summed E-state index contributed by atoms with van der Waals surface area (Å²) in [6.45, 7) is 1.26. The first kappa shape index (κ1) is 21.6. The molecule has 0 atom stereocenters. The second-order valence-corrected chi connectivity index (χ2v) is 9.15. The molecule has 172 valence electrons. The van der Waals surface area contributed by atoms with Gasteiger partial charge in [-0.1, -0.05) is 18.2 Å². The van der Waals surface area contributed by atoms with E-state index in [-0.39, 0.29) is 17.6 Å². The van der Waals surface area contributed by atoms with Crippen molar-refractivity contribution in [3.8, 4) is 11.1 Å². The molecule has 0 spiro atoms. The Morgan fingerprint density at radius 3 is 2.64 bits per heavy atom. The Labute approximate surface area is 193 Å². The zero-order valence-corrected chi connectivity index (χ0v) is 19.1.